The fourth-order valence-electron chi connectivity index (χ4n) is 4.23. The second-order valence-electron chi connectivity index (χ2n) is 8.26. The minimum atomic E-state index is 0.402. The minimum Gasteiger partial charge on any atom is -0.382 e. The molecule has 0 bridgehead atoms. The highest BCUT2D eigenvalue weighted by atomic mass is 15.3. The van der Waals surface area contributed by atoms with Crippen LogP contribution in [-0.4, -0.2) is 30.8 Å². The number of nitrogens with zero attached hydrogens (tertiary/aromatic N) is 5. The van der Waals surface area contributed by atoms with Gasteiger partial charge < -0.3 is 11.1 Å². The number of hydrogen-bond acceptors (Lipinski definition) is 6. The summed E-state index contributed by atoms with van der Waals surface area (Å²) in [4.78, 5) is 14.3. The van der Waals surface area contributed by atoms with E-state index in [1.807, 2.05) is 17.1 Å². The molecule has 1 aliphatic carbocycles. The maximum Gasteiger partial charge on any atom is 0.151 e. The van der Waals surface area contributed by atoms with Gasteiger partial charge in [-0.3, -0.25) is 0 Å². The van der Waals surface area contributed by atoms with Crippen molar-refractivity contribution in [1.29, 1.82) is 0 Å². The largest absolute Gasteiger partial charge is 0.382 e. The van der Waals surface area contributed by atoms with E-state index in [4.69, 9.17) is 15.7 Å². The molecule has 1 aromatic carbocycles. The molecule has 0 radical (unpaired) electrons. The quantitative estimate of drug-likeness (QED) is 0.493. The summed E-state index contributed by atoms with van der Waals surface area (Å²) in [6.45, 7) is 4.17. The number of aryl methyl sites for hydroxylation is 2. The summed E-state index contributed by atoms with van der Waals surface area (Å²) in [5, 5.41) is 8.19. The van der Waals surface area contributed by atoms with Crippen molar-refractivity contribution in [2.45, 2.75) is 52.0 Å². The minimum absolute atomic E-state index is 0.402. The zero-order chi connectivity index (χ0) is 21.4. The molecule has 4 aromatic rings. The first kappa shape index (κ1) is 19.5. The van der Waals surface area contributed by atoms with Gasteiger partial charge >= 0.3 is 0 Å². The number of benzene rings is 1. The van der Waals surface area contributed by atoms with E-state index in [2.05, 4.69) is 53.5 Å². The number of hydrogen-bond donors (Lipinski definition) is 2. The summed E-state index contributed by atoms with van der Waals surface area (Å²) in [5.74, 6) is 1.26. The first-order valence-corrected chi connectivity index (χ1v) is 11.0. The Hall–Kier alpha value is -3.48. The van der Waals surface area contributed by atoms with Gasteiger partial charge in [-0.05, 0) is 38.3 Å². The van der Waals surface area contributed by atoms with E-state index >= 15 is 0 Å². The maximum absolute atomic E-state index is 6.20. The van der Waals surface area contributed by atoms with Gasteiger partial charge in [-0.1, -0.05) is 37.5 Å². The third-order valence-corrected chi connectivity index (χ3v) is 6.02. The smallest absolute Gasteiger partial charge is 0.151 e. The number of pyridine rings is 1. The van der Waals surface area contributed by atoms with Crippen LogP contribution in [-0.2, 0) is 6.42 Å². The van der Waals surface area contributed by atoms with Crippen LogP contribution in [0.4, 0.5) is 11.6 Å². The molecule has 7 heteroatoms. The lowest BCUT2D eigenvalue weighted by Gasteiger charge is -2.17. The summed E-state index contributed by atoms with van der Waals surface area (Å²) in [7, 11) is 0. The van der Waals surface area contributed by atoms with E-state index in [1.165, 1.54) is 31.2 Å². The van der Waals surface area contributed by atoms with Crippen molar-refractivity contribution in [3.63, 3.8) is 0 Å². The lowest BCUT2D eigenvalue weighted by Crippen LogP contribution is -2.18. The molecular formula is C24H27N7. The van der Waals surface area contributed by atoms with Gasteiger partial charge in [0.2, 0.25) is 0 Å². The van der Waals surface area contributed by atoms with E-state index in [0.717, 1.165) is 40.3 Å². The molecule has 3 heterocycles. The molecule has 0 amide bonds. The van der Waals surface area contributed by atoms with E-state index < -0.39 is 0 Å². The molecule has 0 spiro atoms. The van der Waals surface area contributed by atoms with Crippen molar-refractivity contribution in [3.05, 3.63) is 54.1 Å². The van der Waals surface area contributed by atoms with Crippen molar-refractivity contribution in [1.82, 2.24) is 24.7 Å². The number of nitrogens with one attached hydrogen (secondary N) is 1. The van der Waals surface area contributed by atoms with Crippen molar-refractivity contribution in [3.8, 4) is 16.8 Å². The highest BCUT2D eigenvalue weighted by Gasteiger charge is 2.20. The second-order valence-corrected chi connectivity index (χ2v) is 8.26. The Labute approximate surface area is 181 Å². The zero-order valence-corrected chi connectivity index (χ0v) is 18.0. The summed E-state index contributed by atoms with van der Waals surface area (Å²) in [6.07, 6.45) is 11.3. The van der Waals surface area contributed by atoms with Crippen LogP contribution in [0.3, 0.4) is 0 Å². The van der Waals surface area contributed by atoms with E-state index in [0.29, 0.717) is 17.4 Å². The standard InChI is InChI=1S/C24H27N7/c1-3-20-24(28-17-6-4-5-7-17)30-21-19(13-26-23(25)22(21)29-20)16-12-27-31(14-16)18-10-8-15(2)9-11-18/h8-14,17H,3-7H2,1-2H3,(H2,25,26)(H,28,30). The molecule has 0 unspecified atom stereocenters. The van der Waals surface area contributed by atoms with Crippen LogP contribution in [0.1, 0.15) is 43.9 Å². The molecule has 0 aliphatic heterocycles. The SMILES string of the molecule is CCc1nc2c(N)ncc(-c3cnn(-c4ccc(C)cc4)c3)c2nc1NC1CCCC1. The highest BCUT2D eigenvalue weighted by molar-refractivity contribution is 5.96. The predicted octanol–water partition coefficient (Wildman–Crippen LogP) is 4.69. The van der Waals surface area contributed by atoms with Crippen LogP contribution in [0.15, 0.2) is 42.9 Å². The summed E-state index contributed by atoms with van der Waals surface area (Å²) in [6, 6.07) is 8.74. The van der Waals surface area contributed by atoms with Crippen molar-refractivity contribution < 1.29 is 0 Å². The molecule has 3 aromatic heterocycles. The van der Waals surface area contributed by atoms with Gasteiger partial charge in [0.05, 0.1) is 17.6 Å². The number of nitrogens with two attached hydrogens (primary N) is 1. The van der Waals surface area contributed by atoms with Gasteiger partial charge in [-0.2, -0.15) is 5.10 Å². The number of anilines is 2. The average Bonchev–Trinajstić information content (AvgIpc) is 3.47. The monoisotopic (exact) mass is 413 g/mol. The number of fused-ring (bicyclic) bond motifs is 1. The molecule has 31 heavy (non-hydrogen) atoms. The molecule has 5 rings (SSSR count). The Kier molecular flexibility index (Phi) is 5.02. The molecule has 3 N–H and O–H groups in total. The maximum atomic E-state index is 6.20. The number of aromatic nitrogens is 5. The molecule has 0 atom stereocenters. The fourth-order valence-corrected chi connectivity index (χ4v) is 4.23. The van der Waals surface area contributed by atoms with Gasteiger partial charge in [0.1, 0.15) is 16.9 Å². The second kappa shape index (κ2) is 7.98. The Morgan fingerprint density at radius 3 is 2.58 bits per heavy atom. The summed E-state index contributed by atoms with van der Waals surface area (Å²) in [5.41, 5.74) is 12.6. The normalized spacial score (nSPS) is 14.4. The molecule has 1 saturated carbocycles. The van der Waals surface area contributed by atoms with E-state index in [1.54, 1.807) is 6.20 Å². The predicted molar refractivity (Wildman–Crippen MR) is 124 cm³/mol. The molecule has 1 fully saturated rings. The van der Waals surface area contributed by atoms with Crippen LogP contribution in [0, 0.1) is 6.92 Å². The first-order valence-electron chi connectivity index (χ1n) is 11.0. The zero-order valence-electron chi connectivity index (χ0n) is 18.0. The molecule has 1 aliphatic rings. The van der Waals surface area contributed by atoms with E-state index in [-0.39, 0.29) is 0 Å². The number of nitrogen functional groups attached to an aromatic ring is 1. The van der Waals surface area contributed by atoms with Crippen LogP contribution >= 0.6 is 0 Å². The van der Waals surface area contributed by atoms with Crippen LogP contribution in [0.25, 0.3) is 27.8 Å². The molecule has 7 nitrogen and oxygen atoms in total. The Bertz CT molecular complexity index is 1220. The molecule has 0 saturated heterocycles. The molecular weight excluding hydrogens is 386 g/mol. The Balaban J connectivity index is 1.60. The average molecular weight is 414 g/mol. The van der Waals surface area contributed by atoms with Crippen molar-refractivity contribution >= 4 is 22.7 Å². The lowest BCUT2D eigenvalue weighted by atomic mass is 10.1. The van der Waals surface area contributed by atoms with Gasteiger partial charge in [-0.15, -0.1) is 0 Å². The van der Waals surface area contributed by atoms with Crippen molar-refractivity contribution in [2.24, 2.45) is 0 Å². The third kappa shape index (κ3) is 3.71. The first-order chi connectivity index (χ1) is 15.1. The molecule has 158 valence electrons. The summed E-state index contributed by atoms with van der Waals surface area (Å²) >= 11 is 0. The Morgan fingerprint density at radius 2 is 1.84 bits per heavy atom. The lowest BCUT2D eigenvalue weighted by molar-refractivity contribution is 0.747. The Morgan fingerprint density at radius 1 is 1.06 bits per heavy atom. The van der Waals surface area contributed by atoms with Gasteiger partial charge in [0.25, 0.3) is 0 Å². The fraction of sp³-hybridized carbons (Fsp3) is 0.333. The van der Waals surface area contributed by atoms with Crippen molar-refractivity contribution in [2.75, 3.05) is 11.1 Å². The van der Waals surface area contributed by atoms with Crippen LogP contribution < -0.4 is 11.1 Å². The van der Waals surface area contributed by atoms with Crippen LogP contribution in [0.5, 0.6) is 0 Å². The van der Waals surface area contributed by atoms with Crippen LogP contribution in [0.2, 0.25) is 0 Å². The highest BCUT2D eigenvalue weighted by Crippen LogP contribution is 2.32. The van der Waals surface area contributed by atoms with Gasteiger partial charge in [0.15, 0.2) is 5.82 Å². The number of rotatable bonds is 5. The van der Waals surface area contributed by atoms with E-state index in [9.17, 15) is 0 Å². The summed E-state index contributed by atoms with van der Waals surface area (Å²) < 4.78 is 1.86. The third-order valence-electron chi connectivity index (χ3n) is 6.02. The van der Waals surface area contributed by atoms with Gasteiger partial charge in [0, 0.05) is 29.6 Å². The topological polar surface area (TPSA) is 94.5 Å². The van der Waals surface area contributed by atoms with Gasteiger partial charge in [-0.25, -0.2) is 19.6 Å².